The van der Waals surface area contributed by atoms with Gasteiger partial charge in [-0.3, -0.25) is 0 Å². The molecule has 1 nitrogen and oxygen atoms in total. The third-order valence-electron chi connectivity index (χ3n) is 2.26. The topological polar surface area (TPSA) is 20.2 Å². The summed E-state index contributed by atoms with van der Waals surface area (Å²) in [5.41, 5.74) is 0.712. The van der Waals surface area contributed by atoms with E-state index in [1.54, 1.807) is 11.3 Å². The lowest BCUT2D eigenvalue weighted by Gasteiger charge is -2.01. The van der Waals surface area contributed by atoms with Crippen molar-refractivity contribution in [2.24, 2.45) is 0 Å². The van der Waals surface area contributed by atoms with E-state index in [1.807, 2.05) is 0 Å². The molecule has 1 aliphatic carbocycles. The lowest BCUT2D eigenvalue weighted by Crippen LogP contribution is -2.01. The highest BCUT2D eigenvalue weighted by atomic mass is 32.1. The molecule has 0 aliphatic heterocycles. The largest absolute Gasteiger partial charge is 0.385 e. The van der Waals surface area contributed by atoms with Crippen LogP contribution in [0.25, 0.3) is 0 Å². The van der Waals surface area contributed by atoms with Crippen LogP contribution in [0.15, 0.2) is 11.4 Å². The van der Waals surface area contributed by atoms with Crippen LogP contribution in [-0.2, 0) is 12.0 Å². The molecular weight excluding hydrogens is 156 g/mol. The average molecular weight is 168 g/mol. The fourth-order valence-corrected chi connectivity index (χ4v) is 2.14. The van der Waals surface area contributed by atoms with Gasteiger partial charge in [-0.05, 0) is 36.3 Å². The van der Waals surface area contributed by atoms with Gasteiger partial charge in [-0.15, -0.1) is 11.3 Å². The summed E-state index contributed by atoms with van der Waals surface area (Å²) in [4.78, 5) is 1.38. The standard InChI is InChI=1S/C9H12OS/c1-2-8-5-7(6-11-8)9(10)3-4-9/h5-6,10H,2-4H2,1H3. The molecule has 0 amide bonds. The van der Waals surface area contributed by atoms with Crippen molar-refractivity contribution in [2.75, 3.05) is 0 Å². The molecule has 1 fully saturated rings. The van der Waals surface area contributed by atoms with Crippen molar-refractivity contribution in [3.8, 4) is 0 Å². The summed E-state index contributed by atoms with van der Waals surface area (Å²) in [6.07, 6.45) is 2.99. The fraction of sp³-hybridized carbons (Fsp3) is 0.556. The average Bonchev–Trinajstić information content (AvgIpc) is 2.61. The van der Waals surface area contributed by atoms with Gasteiger partial charge in [-0.2, -0.15) is 0 Å². The van der Waals surface area contributed by atoms with E-state index in [1.165, 1.54) is 4.88 Å². The van der Waals surface area contributed by atoms with E-state index in [0.29, 0.717) is 0 Å². The van der Waals surface area contributed by atoms with E-state index < -0.39 is 5.60 Å². The number of aliphatic hydroxyl groups is 1. The zero-order chi connectivity index (χ0) is 7.90. The van der Waals surface area contributed by atoms with Crippen molar-refractivity contribution >= 4 is 11.3 Å². The Balaban J connectivity index is 2.25. The molecule has 0 bridgehead atoms. The third-order valence-corrected chi connectivity index (χ3v) is 3.34. The van der Waals surface area contributed by atoms with Gasteiger partial charge >= 0.3 is 0 Å². The predicted molar refractivity (Wildman–Crippen MR) is 46.8 cm³/mol. The zero-order valence-corrected chi connectivity index (χ0v) is 7.45. The van der Waals surface area contributed by atoms with Gasteiger partial charge in [0.05, 0.1) is 5.60 Å². The van der Waals surface area contributed by atoms with Gasteiger partial charge < -0.3 is 5.11 Å². The van der Waals surface area contributed by atoms with Crippen LogP contribution in [-0.4, -0.2) is 5.11 Å². The monoisotopic (exact) mass is 168 g/mol. The number of hydrogen-bond donors (Lipinski definition) is 1. The maximum atomic E-state index is 9.72. The molecule has 1 aliphatic rings. The van der Waals surface area contributed by atoms with Gasteiger partial charge in [-0.1, -0.05) is 6.92 Å². The van der Waals surface area contributed by atoms with Crippen molar-refractivity contribution in [2.45, 2.75) is 31.8 Å². The van der Waals surface area contributed by atoms with Gasteiger partial charge in [0.15, 0.2) is 0 Å². The SMILES string of the molecule is CCc1cc(C2(O)CC2)cs1. The van der Waals surface area contributed by atoms with Crippen molar-refractivity contribution in [3.05, 3.63) is 21.9 Å². The molecule has 0 radical (unpaired) electrons. The van der Waals surface area contributed by atoms with Crippen molar-refractivity contribution in [1.82, 2.24) is 0 Å². The van der Waals surface area contributed by atoms with Crippen LogP contribution in [0.2, 0.25) is 0 Å². The molecule has 1 N–H and O–H groups in total. The highest BCUT2D eigenvalue weighted by Gasteiger charge is 2.42. The maximum absolute atomic E-state index is 9.72. The van der Waals surface area contributed by atoms with E-state index in [9.17, 15) is 5.11 Å². The second-order valence-corrected chi connectivity index (χ2v) is 4.18. The molecule has 1 aromatic rings. The van der Waals surface area contributed by atoms with E-state index >= 15 is 0 Å². The number of rotatable bonds is 2. The van der Waals surface area contributed by atoms with E-state index in [2.05, 4.69) is 18.4 Å². The number of hydrogen-bond acceptors (Lipinski definition) is 2. The molecule has 1 saturated carbocycles. The second kappa shape index (κ2) is 2.32. The van der Waals surface area contributed by atoms with Gasteiger partial charge in [-0.25, -0.2) is 0 Å². The van der Waals surface area contributed by atoms with E-state index in [-0.39, 0.29) is 0 Å². The first-order valence-corrected chi connectivity index (χ1v) is 4.93. The Bertz CT molecular complexity index is 260. The maximum Gasteiger partial charge on any atom is 0.0907 e. The molecule has 0 spiro atoms. The van der Waals surface area contributed by atoms with Crippen LogP contribution in [0.1, 0.15) is 30.2 Å². The Morgan fingerprint density at radius 3 is 2.82 bits per heavy atom. The van der Waals surface area contributed by atoms with Crippen molar-refractivity contribution < 1.29 is 5.11 Å². The Morgan fingerprint density at radius 1 is 1.64 bits per heavy atom. The summed E-state index contributed by atoms with van der Waals surface area (Å²) >= 11 is 1.76. The van der Waals surface area contributed by atoms with Crippen LogP contribution >= 0.6 is 11.3 Å². The Hall–Kier alpha value is -0.340. The zero-order valence-electron chi connectivity index (χ0n) is 6.63. The van der Waals surface area contributed by atoms with Crippen LogP contribution in [0.3, 0.4) is 0 Å². The first-order valence-electron chi connectivity index (χ1n) is 4.05. The van der Waals surface area contributed by atoms with Gasteiger partial charge in [0.1, 0.15) is 0 Å². The highest BCUT2D eigenvalue weighted by molar-refractivity contribution is 7.10. The summed E-state index contributed by atoms with van der Waals surface area (Å²) in [5.74, 6) is 0. The lowest BCUT2D eigenvalue weighted by atomic mass is 10.1. The minimum Gasteiger partial charge on any atom is -0.385 e. The van der Waals surface area contributed by atoms with Crippen LogP contribution in [0.4, 0.5) is 0 Å². The summed E-state index contributed by atoms with van der Waals surface area (Å²) in [6.45, 7) is 2.15. The number of aryl methyl sites for hydroxylation is 1. The quantitative estimate of drug-likeness (QED) is 0.718. The molecule has 1 heterocycles. The second-order valence-electron chi connectivity index (χ2n) is 3.19. The Morgan fingerprint density at radius 2 is 2.36 bits per heavy atom. The lowest BCUT2D eigenvalue weighted by molar-refractivity contribution is 0.152. The highest BCUT2D eigenvalue weighted by Crippen LogP contribution is 2.46. The first-order chi connectivity index (χ1) is 5.24. The van der Waals surface area contributed by atoms with E-state index in [0.717, 1.165) is 24.8 Å². The minimum absolute atomic E-state index is 0.427. The predicted octanol–water partition coefficient (Wildman–Crippen LogP) is 2.29. The van der Waals surface area contributed by atoms with Gasteiger partial charge in [0.2, 0.25) is 0 Å². The van der Waals surface area contributed by atoms with Gasteiger partial charge in [0, 0.05) is 4.88 Å². The van der Waals surface area contributed by atoms with Crippen LogP contribution < -0.4 is 0 Å². The molecule has 0 aromatic carbocycles. The Kier molecular flexibility index (Phi) is 1.55. The number of thiophene rings is 1. The summed E-state index contributed by atoms with van der Waals surface area (Å²) < 4.78 is 0. The third kappa shape index (κ3) is 1.21. The van der Waals surface area contributed by atoms with Gasteiger partial charge in [0.25, 0.3) is 0 Å². The molecule has 1 aromatic heterocycles. The molecule has 11 heavy (non-hydrogen) atoms. The molecule has 60 valence electrons. The first kappa shape index (κ1) is 7.32. The molecular formula is C9H12OS. The van der Waals surface area contributed by atoms with Crippen molar-refractivity contribution in [1.29, 1.82) is 0 Å². The normalized spacial score (nSPS) is 20.2. The molecule has 0 saturated heterocycles. The summed E-state index contributed by atoms with van der Waals surface area (Å²) in [6, 6.07) is 2.14. The van der Waals surface area contributed by atoms with E-state index in [4.69, 9.17) is 0 Å². The smallest absolute Gasteiger partial charge is 0.0907 e. The molecule has 0 atom stereocenters. The molecule has 2 heteroatoms. The van der Waals surface area contributed by atoms with Crippen LogP contribution in [0, 0.1) is 0 Å². The summed E-state index contributed by atoms with van der Waals surface area (Å²) in [7, 11) is 0. The molecule has 2 rings (SSSR count). The van der Waals surface area contributed by atoms with Crippen molar-refractivity contribution in [3.63, 3.8) is 0 Å². The Labute approximate surface area is 70.7 Å². The molecule has 0 unspecified atom stereocenters. The minimum atomic E-state index is -0.427. The summed E-state index contributed by atoms with van der Waals surface area (Å²) in [5, 5.41) is 11.8. The fourth-order valence-electron chi connectivity index (χ4n) is 1.22. The van der Waals surface area contributed by atoms with Crippen LogP contribution in [0.5, 0.6) is 0 Å².